The van der Waals surface area contributed by atoms with Crippen LogP contribution in [0.3, 0.4) is 0 Å². The van der Waals surface area contributed by atoms with Crippen molar-refractivity contribution in [2.75, 3.05) is 6.54 Å². The van der Waals surface area contributed by atoms with Crippen LogP contribution in [0.2, 0.25) is 0 Å². The molecule has 4 aromatic rings. The Balaban J connectivity index is 1.42. The van der Waals surface area contributed by atoms with Crippen molar-refractivity contribution in [3.8, 4) is 0 Å². The fraction of sp³-hybridized carbons (Fsp3) is 0.290. The van der Waals surface area contributed by atoms with Crippen LogP contribution in [0.4, 0.5) is 26.3 Å². The van der Waals surface area contributed by atoms with Gasteiger partial charge in [0.15, 0.2) is 0 Å². The third kappa shape index (κ3) is 6.14. The molecule has 1 aliphatic rings. The minimum absolute atomic E-state index is 0.00305. The molecule has 0 N–H and O–H groups in total. The van der Waals surface area contributed by atoms with Gasteiger partial charge in [-0.3, -0.25) is 4.79 Å². The second kappa shape index (κ2) is 11.2. The minimum Gasteiger partial charge on any atom is -0.458 e. The van der Waals surface area contributed by atoms with Gasteiger partial charge in [0.25, 0.3) is 5.91 Å². The Hall–Kier alpha value is -4.28. The van der Waals surface area contributed by atoms with Crippen LogP contribution in [0.1, 0.15) is 50.4 Å². The van der Waals surface area contributed by atoms with E-state index in [0.29, 0.717) is 17.8 Å². The SMILES string of the molecule is Cn1c(C(=O)OC2CCN(C(=O)c3cc(C(F)(F)F)cc(C(F)(F)F)c3)C(Cc3ccccc3)C2)cc2ccccc21. The van der Waals surface area contributed by atoms with Crippen molar-refractivity contribution in [1.82, 2.24) is 9.47 Å². The highest BCUT2D eigenvalue weighted by Gasteiger charge is 2.40. The number of benzene rings is 3. The lowest BCUT2D eigenvalue weighted by atomic mass is 9.92. The van der Waals surface area contributed by atoms with Crippen LogP contribution in [0, 0.1) is 0 Å². The number of para-hydroxylation sites is 1. The van der Waals surface area contributed by atoms with Gasteiger partial charge in [0.1, 0.15) is 11.8 Å². The molecule has 5 nitrogen and oxygen atoms in total. The number of aromatic nitrogens is 1. The monoisotopic (exact) mass is 588 g/mol. The lowest BCUT2D eigenvalue weighted by Crippen LogP contribution is -2.49. The average molecular weight is 589 g/mol. The zero-order chi connectivity index (χ0) is 30.2. The van der Waals surface area contributed by atoms with E-state index in [9.17, 15) is 35.9 Å². The predicted molar refractivity (Wildman–Crippen MR) is 143 cm³/mol. The summed E-state index contributed by atoms with van der Waals surface area (Å²) in [7, 11) is 1.74. The fourth-order valence-electron chi connectivity index (χ4n) is 5.41. The van der Waals surface area contributed by atoms with E-state index in [1.807, 2.05) is 24.3 Å². The van der Waals surface area contributed by atoms with E-state index in [1.165, 1.54) is 4.90 Å². The van der Waals surface area contributed by atoms with E-state index in [0.717, 1.165) is 16.5 Å². The Morgan fingerprint density at radius 3 is 2.10 bits per heavy atom. The molecular formula is C31H26F6N2O3. The third-order valence-electron chi connectivity index (χ3n) is 7.51. The predicted octanol–water partition coefficient (Wildman–Crippen LogP) is 7.29. The summed E-state index contributed by atoms with van der Waals surface area (Å²) in [6.07, 6.45) is -10.2. The molecule has 1 amide bonds. The molecule has 2 unspecified atom stereocenters. The Morgan fingerprint density at radius 1 is 0.857 bits per heavy atom. The lowest BCUT2D eigenvalue weighted by molar-refractivity contribution is -0.143. The van der Waals surface area contributed by atoms with E-state index in [4.69, 9.17) is 4.74 Å². The van der Waals surface area contributed by atoms with E-state index < -0.39 is 53.1 Å². The van der Waals surface area contributed by atoms with Gasteiger partial charge in [-0.1, -0.05) is 48.5 Å². The molecule has 5 rings (SSSR count). The highest BCUT2D eigenvalue weighted by molar-refractivity contribution is 5.96. The van der Waals surface area contributed by atoms with E-state index in [2.05, 4.69) is 0 Å². The van der Waals surface area contributed by atoms with Crippen LogP contribution in [0.15, 0.2) is 78.9 Å². The summed E-state index contributed by atoms with van der Waals surface area (Å²) in [5.74, 6) is -1.52. The number of carbonyl (C=O) groups excluding carboxylic acids is 2. The molecule has 1 saturated heterocycles. The lowest BCUT2D eigenvalue weighted by Gasteiger charge is -2.39. The van der Waals surface area contributed by atoms with Crippen molar-refractivity contribution in [3.05, 3.63) is 107 Å². The number of hydrogen-bond donors (Lipinski definition) is 0. The van der Waals surface area contributed by atoms with Crippen LogP contribution < -0.4 is 0 Å². The second-order valence-corrected chi connectivity index (χ2v) is 10.3. The smallest absolute Gasteiger partial charge is 0.416 e. The number of alkyl halides is 6. The van der Waals surface area contributed by atoms with Gasteiger partial charge < -0.3 is 14.2 Å². The Bertz CT molecular complexity index is 1580. The summed E-state index contributed by atoms with van der Waals surface area (Å²) >= 11 is 0. The van der Waals surface area contributed by atoms with E-state index >= 15 is 0 Å². The number of hydrogen-bond acceptors (Lipinski definition) is 3. The summed E-state index contributed by atoms with van der Waals surface area (Å²) in [6.45, 7) is -0.0268. The fourth-order valence-corrected chi connectivity index (χ4v) is 5.41. The maximum atomic E-state index is 13.5. The molecular weight excluding hydrogens is 562 g/mol. The zero-order valence-corrected chi connectivity index (χ0v) is 22.4. The molecule has 0 aliphatic carbocycles. The Labute approximate surface area is 237 Å². The molecule has 220 valence electrons. The van der Waals surface area contributed by atoms with Crippen LogP contribution in [0.5, 0.6) is 0 Å². The van der Waals surface area contributed by atoms with Gasteiger partial charge in [-0.05, 0) is 42.3 Å². The number of fused-ring (bicyclic) bond motifs is 1. The molecule has 2 heterocycles. The maximum Gasteiger partial charge on any atom is 0.416 e. The topological polar surface area (TPSA) is 51.5 Å². The largest absolute Gasteiger partial charge is 0.458 e. The van der Waals surface area contributed by atoms with Crippen molar-refractivity contribution in [3.63, 3.8) is 0 Å². The van der Waals surface area contributed by atoms with Gasteiger partial charge in [-0.25, -0.2) is 4.79 Å². The van der Waals surface area contributed by atoms with Gasteiger partial charge in [0.05, 0.1) is 11.1 Å². The maximum absolute atomic E-state index is 13.5. The molecule has 42 heavy (non-hydrogen) atoms. The first kappa shape index (κ1) is 29.2. The number of carbonyl (C=O) groups is 2. The molecule has 0 bridgehead atoms. The summed E-state index contributed by atoms with van der Waals surface area (Å²) in [6, 6.07) is 18.3. The highest BCUT2D eigenvalue weighted by Crippen LogP contribution is 2.37. The first-order valence-corrected chi connectivity index (χ1v) is 13.2. The normalized spacial score (nSPS) is 17.8. The molecule has 0 radical (unpaired) electrons. The molecule has 2 atom stereocenters. The molecule has 1 aliphatic heterocycles. The van der Waals surface area contributed by atoms with E-state index in [1.54, 1.807) is 48.0 Å². The first-order valence-electron chi connectivity index (χ1n) is 13.2. The van der Waals surface area contributed by atoms with Gasteiger partial charge in [-0.2, -0.15) is 26.3 Å². The number of nitrogens with zero attached hydrogens (tertiary/aromatic N) is 2. The van der Waals surface area contributed by atoms with Crippen molar-refractivity contribution in [2.45, 2.75) is 43.8 Å². The van der Waals surface area contributed by atoms with Gasteiger partial charge in [-0.15, -0.1) is 0 Å². The molecule has 1 aromatic heterocycles. The summed E-state index contributed by atoms with van der Waals surface area (Å²) in [4.78, 5) is 27.9. The number of esters is 1. The average Bonchev–Trinajstić information content (AvgIpc) is 3.29. The van der Waals surface area contributed by atoms with Gasteiger partial charge >= 0.3 is 18.3 Å². The number of amides is 1. The van der Waals surface area contributed by atoms with Gasteiger partial charge in [0.2, 0.25) is 0 Å². The number of rotatable bonds is 5. The van der Waals surface area contributed by atoms with Crippen molar-refractivity contribution < 1.29 is 40.7 Å². The zero-order valence-electron chi connectivity index (χ0n) is 22.4. The van der Waals surface area contributed by atoms with Crippen LogP contribution in [-0.2, 0) is 30.6 Å². The first-order chi connectivity index (χ1) is 19.8. The molecule has 3 aromatic carbocycles. The second-order valence-electron chi connectivity index (χ2n) is 10.3. The molecule has 1 fully saturated rings. The Kier molecular flexibility index (Phi) is 7.78. The third-order valence-corrected chi connectivity index (χ3v) is 7.51. The van der Waals surface area contributed by atoms with Crippen molar-refractivity contribution in [1.29, 1.82) is 0 Å². The van der Waals surface area contributed by atoms with Crippen LogP contribution in [0.25, 0.3) is 10.9 Å². The van der Waals surface area contributed by atoms with Crippen LogP contribution in [-0.4, -0.2) is 40.0 Å². The summed E-state index contributed by atoms with van der Waals surface area (Å²) in [5, 5.41) is 0.855. The number of ether oxygens (including phenoxy) is 1. The summed E-state index contributed by atoms with van der Waals surface area (Å²) < 4.78 is 88.4. The number of aryl methyl sites for hydroxylation is 1. The molecule has 0 spiro atoms. The van der Waals surface area contributed by atoms with Crippen molar-refractivity contribution >= 4 is 22.8 Å². The highest BCUT2D eigenvalue weighted by atomic mass is 19.4. The Morgan fingerprint density at radius 2 is 1.48 bits per heavy atom. The number of likely N-dealkylation sites (tertiary alicyclic amines) is 1. The van der Waals surface area contributed by atoms with Gasteiger partial charge in [0, 0.05) is 48.9 Å². The molecule has 0 saturated carbocycles. The minimum atomic E-state index is -5.08. The number of halogens is 6. The summed E-state index contributed by atoms with van der Waals surface area (Å²) in [5.41, 5.74) is -1.84. The standard InChI is InChI=1S/C31H26F6N2O3/c1-38-26-10-6-5-9-20(26)16-27(38)29(41)42-25-11-12-39(24(18-25)13-19-7-3-2-4-8-19)28(40)21-14-22(30(32,33)34)17-23(15-21)31(35,36)37/h2-10,14-17,24-25H,11-13,18H2,1H3. The van der Waals surface area contributed by atoms with Crippen molar-refractivity contribution in [2.24, 2.45) is 7.05 Å². The quantitative estimate of drug-likeness (QED) is 0.182. The van der Waals surface area contributed by atoms with Crippen LogP contribution >= 0.6 is 0 Å². The molecule has 11 heteroatoms. The number of piperidine rings is 1. The van der Waals surface area contributed by atoms with E-state index in [-0.39, 0.29) is 31.9 Å².